The maximum Gasteiger partial charge on any atom is 0.255 e. The summed E-state index contributed by atoms with van der Waals surface area (Å²) in [6.45, 7) is 0.910. The number of benzene rings is 3. The summed E-state index contributed by atoms with van der Waals surface area (Å²) in [5, 5.41) is 11.2. The number of amides is 3. The summed E-state index contributed by atoms with van der Waals surface area (Å²) < 4.78 is 50.6. The van der Waals surface area contributed by atoms with Gasteiger partial charge in [0.25, 0.3) is 5.91 Å². The molecule has 0 radical (unpaired) electrons. The Labute approximate surface area is 255 Å². The molecule has 0 bridgehead atoms. The summed E-state index contributed by atoms with van der Waals surface area (Å²) in [6.07, 6.45) is 1.65. The molecule has 3 aliphatic rings. The minimum Gasteiger partial charge on any atom is -0.488 e. The van der Waals surface area contributed by atoms with Crippen LogP contribution >= 0.6 is 11.8 Å². The number of piperidine rings is 2. The third-order valence-electron chi connectivity index (χ3n) is 8.20. The van der Waals surface area contributed by atoms with Gasteiger partial charge in [0.05, 0.1) is 23.9 Å². The zero-order valence-corrected chi connectivity index (χ0v) is 24.3. The number of nitrogens with one attached hydrogen (secondary N) is 1. The molecule has 1 unspecified atom stereocenters. The van der Waals surface area contributed by atoms with E-state index in [-0.39, 0.29) is 59.1 Å². The molecule has 0 aliphatic carbocycles. The van der Waals surface area contributed by atoms with Crippen LogP contribution in [0.4, 0.5) is 18.9 Å². The number of ether oxygens (including phenoxy) is 1. The molecule has 3 amide bonds. The highest BCUT2D eigenvalue weighted by atomic mass is 32.2. The van der Waals surface area contributed by atoms with Gasteiger partial charge in [-0.1, -0.05) is 12.1 Å². The van der Waals surface area contributed by atoms with Crippen LogP contribution in [0.5, 0.6) is 5.75 Å². The summed E-state index contributed by atoms with van der Waals surface area (Å²) in [7, 11) is 0. The molecule has 2 fully saturated rings. The van der Waals surface area contributed by atoms with Gasteiger partial charge < -0.3 is 14.5 Å². The average Bonchev–Trinajstić information content (AvgIpc) is 3.36. The highest BCUT2D eigenvalue weighted by Gasteiger charge is 2.40. The van der Waals surface area contributed by atoms with Crippen molar-refractivity contribution in [1.29, 1.82) is 5.26 Å². The average molecular weight is 621 g/mol. The highest BCUT2D eigenvalue weighted by Crippen LogP contribution is 2.37. The molecule has 2 saturated heterocycles. The van der Waals surface area contributed by atoms with Crippen LogP contribution in [0.2, 0.25) is 0 Å². The molecule has 0 saturated carbocycles. The first-order valence-electron chi connectivity index (χ1n) is 14.2. The first-order valence-corrected chi connectivity index (χ1v) is 15.1. The van der Waals surface area contributed by atoms with Crippen LogP contribution in [0, 0.1) is 28.8 Å². The normalized spacial score (nSPS) is 18.7. The SMILES string of the molecule is N#Cc1ccc(N2CCC(Sc3ccc(COc4cccc5c4CN(C4CCC(=O)NC4=O)C5=O)c(F)c3F)CC2)c(F)c1. The summed E-state index contributed by atoms with van der Waals surface area (Å²) >= 11 is 1.25. The summed E-state index contributed by atoms with van der Waals surface area (Å²) in [6, 6.07) is 13.4. The predicted molar refractivity (Wildman–Crippen MR) is 155 cm³/mol. The monoisotopic (exact) mass is 620 g/mol. The van der Waals surface area contributed by atoms with E-state index in [1.807, 2.05) is 11.0 Å². The Morgan fingerprint density at radius 1 is 1.00 bits per heavy atom. The molecular weight excluding hydrogens is 593 g/mol. The molecule has 3 heterocycles. The van der Waals surface area contributed by atoms with Gasteiger partial charge in [0, 0.05) is 46.3 Å². The maximum absolute atomic E-state index is 15.2. The van der Waals surface area contributed by atoms with Crippen molar-refractivity contribution in [3.63, 3.8) is 0 Å². The molecular formula is C32H27F3N4O4S. The van der Waals surface area contributed by atoms with Crippen molar-refractivity contribution in [1.82, 2.24) is 10.2 Å². The fourth-order valence-electron chi connectivity index (χ4n) is 5.85. The van der Waals surface area contributed by atoms with Gasteiger partial charge >= 0.3 is 0 Å². The molecule has 3 aromatic rings. The van der Waals surface area contributed by atoms with Crippen LogP contribution in [0.3, 0.4) is 0 Å². The Balaban J connectivity index is 1.08. The van der Waals surface area contributed by atoms with E-state index in [2.05, 4.69) is 5.32 Å². The van der Waals surface area contributed by atoms with Gasteiger partial charge in [-0.15, -0.1) is 11.8 Å². The van der Waals surface area contributed by atoms with E-state index in [1.54, 1.807) is 30.3 Å². The minimum atomic E-state index is -1.01. The summed E-state index contributed by atoms with van der Waals surface area (Å²) in [5.74, 6) is -3.36. The number of rotatable bonds is 7. The number of fused-ring (bicyclic) bond motifs is 1. The Morgan fingerprint density at radius 2 is 1.80 bits per heavy atom. The van der Waals surface area contributed by atoms with E-state index in [1.165, 1.54) is 34.9 Å². The minimum absolute atomic E-state index is 0.0143. The van der Waals surface area contributed by atoms with Gasteiger partial charge in [0.2, 0.25) is 11.8 Å². The zero-order valence-electron chi connectivity index (χ0n) is 23.4. The van der Waals surface area contributed by atoms with Crippen LogP contribution in [0.1, 0.15) is 52.7 Å². The number of hydrogen-bond acceptors (Lipinski definition) is 7. The standard InChI is InChI=1S/C32H27F3N4O4S/c33-23-14-18(15-36)4-6-24(23)38-12-10-20(11-13-38)44-27-8-5-19(29(34)30(27)35)17-43-26-3-1-2-21-22(26)16-39(32(21)42)25-7-9-28(40)37-31(25)41/h1-6,8,14,20,25H,7,9-13,16-17H2,(H,37,40,41). The van der Waals surface area contributed by atoms with E-state index >= 15 is 8.78 Å². The van der Waals surface area contributed by atoms with E-state index < -0.39 is 29.4 Å². The summed E-state index contributed by atoms with van der Waals surface area (Å²) in [4.78, 5) is 40.4. The van der Waals surface area contributed by atoms with Gasteiger partial charge in [-0.2, -0.15) is 5.26 Å². The number of halogens is 3. The van der Waals surface area contributed by atoms with E-state index in [0.717, 1.165) is 0 Å². The number of carbonyl (C=O) groups excluding carboxylic acids is 3. The van der Waals surface area contributed by atoms with Crippen LogP contribution in [0.15, 0.2) is 53.4 Å². The number of carbonyl (C=O) groups is 3. The van der Waals surface area contributed by atoms with Crippen molar-refractivity contribution in [2.24, 2.45) is 0 Å². The van der Waals surface area contributed by atoms with Gasteiger partial charge in [-0.3, -0.25) is 19.7 Å². The van der Waals surface area contributed by atoms with Crippen molar-refractivity contribution in [3.05, 3.63) is 88.2 Å². The Morgan fingerprint density at radius 3 is 2.52 bits per heavy atom. The first kappa shape index (κ1) is 29.6. The molecule has 1 N–H and O–H groups in total. The number of nitrogens with zero attached hydrogens (tertiary/aromatic N) is 3. The largest absolute Gasteiger partial charge is 0.488 e. The molecule has 8 nitrogen and oxygen atoms in total. The Bertz CT molecular complexity index is 1700. The third kappa shape index (κ3) is 5.71. The predicted octanol–water partition coefficient (Wildman–Crippen LogP) is 5.08. The lowest BCUT2D eigenvalue weighted by Crippen LogP contribution is -2.52. The smallest absolute Gasteiger partial charge is 0.255 e. The molecule has 226 valence electrons. The Kier molecular flexibility index (Phi) is 8.23. The molecule has 6 rings (SSSR count). The van der Waals surface area contributed by atoms with Crippen molar-refractivity contribution in [2.75, 3.05) is 18.0 Å². The second kappa shape index (κ2) is 12.2. The molecule has 3 aromatic carbocycles. The van der Waals surface area contributed by atoms with Crippen molar-refractivity contribution >= 4 is 35.2 Å². The van der Waals surface area contributed by atoms with Gasteiger partial charge in [0.1, 0.15) is 24.2 Å². The van der Waals surface area contributed by atoms with Crippen LogP contribution in [-0.4, -0.2) is 47.0 Å². The van der Waals surface area contributed by atoms with Crippen molar-refractivity contribution in [2.45, 2.75) is 55.0 Å². The number of imide groups is 1. The lowest BCUT2D eigenvalue weighted by Gasteiger charge is -2.33. The van der Waals surface area contributed by atoms with E-state index in [0.29, 0.717) is 48.5 Å². The van der Waals surface area contributed by atoms with E-state index in [9.17, 15) is 18.8 Å². The lowest BCUT2D eigenvalue weighted by atomic mass is 10.0. The molecule has 44 heavy (non-hydrogen) atoms. The lowest BCUT2D eigenvalue weighted by molar-refractivity contribution is -0.136. The fraction of sp³-hybridized carbons (Fsp3) is 0.312. The molecule has 0 aromatic heterocycles. The number of nitriles is 1. The van der Waals surface area contributed by atoms with Crippen molar-refractivity contribution < 1.29 is 32.3 Å². The zero-order chi connectivity index (χ0) is 31.0. The number of anilines is 1. The number of hydrogen-bond donors (Lipinski definition) is 1. The fourth-order valence-corrected chi connectivity index (χ4v) is 6.99. The molecule has 12 heteroatoms. The van der Waals surface area contributed by atoms with Crippen LogP contribution in [0.25, 0.3) is 0 Å². The Hall–Kier alpha value is -4.50. The second-order valence-electron chi connectivity index (χ2n) is 10.9. The maximum atomic E-state index is 15.2. The highest BCUT2D eigenvalue weighted by molar-refractivity contribution is 8.00. The molecule has 1 atom stereocenters. The van der Waals surface area contributed by atoms with Gasteiger partial charge in [-0.25, -0.2) is 13.2 Å². The van der Waals surface area contributed by atoms with Crippen LogP contribution < -0.4 is 15.0 Å². The quantitative estimate of drug-likeness (QED) is 0.368. The number of thioether (sulfide) groups is 1. The van der Waals surface area contributed by atoms with E-state index in [4.69, 9.17) is 10.00 Å². The van der Waals surface area contributed by atoms with Gasteiger partial charge in [-0.05, 0) is 55.7 Å². The second-order valence-corrected chi connectivity index (χ2v) is 12.2. The third-order valence-corrected chi connectivity index (χ3v) is 9.58. The molecule has 3 aliphatic heterocycles. The molecule has 0 spiro atoms. The van der Waals surface area contributed by atoms with Crippen LogP contribution in [-0.2, 0) is 22.7 Å². The first-order chi connectivity index (χ1) is 21.2. The topological polar surface area (TPSA) is 103 Å². The van der Waals surface area contributed by atoms with Gasteiger partial charge in [0.15, 0.2) is 11.6 Å². The summed E-state index contributed by atoms with van der Waals surface area (Å²) in [5.41, 5.74) is 1.59. The van der Waals surface area contributed by atoms with Crippen molar-refractivity contribution in [3.8, 4) is 11.8 Å².